The van der Waals surface area contributed by atoms with Gasteiger partial charge in [-0.25, -0.2) is 8.42 Å². The lowest BCUT2D eigenvalue weighted by Crippen LogP contribution is -2.31. The molecule has 2 N–H and O–H groups in total. The monoisotopic (exact) mass is 213 g/mol. The second-order valence-corrected chi connectivity index (χ2v) is 5.75. The smallest absolute Gasteiger partial charge is 0.184 e. The lowest BCUT2D eigenvalue weighted by Gasteiger charge is -2.23. The number of nitrogens with one attached hydrogen (secondary N) is 1. The minimum absolute atomic E-state index is 0.0704. The fraction of sp³-hybridized carbons (Fsp3) is 0.333. The van der Waals surface area contributed by atoms with Crippen LogP contribution in [0.25, 0.3) is 0 Å². The van der Waals surface area contributed by atoms with Crippen LogP contribution in [0.15, 0.2) is 23.1 Å². The van der Waals surface area contributed by atoms with Gasteiger partial charge < -0.3 is 10.4 Å². The standard InChI is InChI=1S/C9H11NO3S/c1-6-5-10-8-4-7(11)2-3-9(8)14(6,12)13/h2-4,6,10-11H,5H2,1H3. The molecule has 1 aliphatic heterocycles. The Morgan fingerprint density at radius 2 is 2.21 bits per heavy atom. The van der Waals surface area contributed by atoms with Crippen LogP contribution >= 0.6 is 0 Å². The van der Waals surface area contributed by atoms with Crippen molar-refractivity contribution in [3.8, 4) is 5.75 Å². The van der Waals surface area contributed by atoms with E-state index in [4.69, 9.17) is 0 Å². The average Bonchev–Trinajstić information content (AvgIpc) is 2.12. The largest absolute Gasteiger partial charge is 0.508 e. The van der Waals surface area contributed by atoms with E-state index < -0.39 is 15.1 Å². The minimum atomic E-state index is -3.21. The lowest BCUT2D eigenvalue weighted by atomic mass is 10.3. The summed E-state index contributed by atoms with van der Waals surface area (Å²) in [5.41, 5.74) is 0.489. The summed E-state index contributed by atoms with van der Waals surface area (Å²) in [7, 11) is -3.21. The second-order valence-electron chi connectivity index (χ2n) is 3.42. The number of anilines is 1. The number of sulfone groups is 1. The Morgan fingerprint density at radius 3 is 2.93 bits per heavy atom. The fourth-order valence-corrected chi connectivity index (χ4v) is 2.92. The molecule has 0 saturated heterocycles. The van der Waals surface area contributed by atoms with Crippen molar-refractivity contribution in [2.24, 2.45) is 0 Å². The van der Waals surface area contributed by atoms with E-state index in [0.717, 1.165) is 0 Å². The summed E-state index contributed by atoms with van der Waals surface area (Å²) in [6, 6.07) is 4.25. The highest BCUT2D eigenvalue weighted by molar-refractivity contribution is 7.92. The molecule has 1 heterocycles. The molecule has 0 aromatic heterocycles. The molecule has 1 aliphatic rings. The Bertz CT molecular complexity index is 467. The van der Waals surface area contributed by atoms with Crippen LogP contribution in [0.5, 0.6) is 5.75 Å². The molecule has 1 unspecified atom stereocenters. The number of fused-ring (bicyclic) bond motifs is 1. The average molecular weight is 213 g/mol. The summed E-state index contributed by atoms with van der Waals surface area (Å²) in [6.07, 6.45) is 0. The quantitative estimate of drug-likeness (QED) is 0.674. The van der Waals surface area contributed by atoms with Gasteiger partial charge in [-0.1, -0.05) is 0 Å². The molecule has 1 atom stereocenters. The van der Waals surface area contributed by atoms with Crippen molar-refractivity contribution in [2.45, 2.75) is 17.1 Å². The maximum Gasteiger partial charge on any atom is 0.184 e. The number of phenols is 1. The number of aromatic hydroxyl groups is 1. The molecule has 1 aromatic rings. The third kappa shape index (κ3) is 1.24. The summed E-state index contributed by atoms with van der Waals surface area (Å²) in [5, 5.41) is 11.7. The third-order valence-electron chi connectivity index (χ3n) is 2.38. The first kappa shape index (κ1) is 9.33. The van der Waals surface area contributed by atoms with Gasteiger partial charge in [0.25, 0.3) is 0 Å². The molecule has 0 spiro atoms. The highest BCUT2D eigenvalue weighted by Crippen LogP contribution is 2.31. The highest BCUT2D eigenvalue weighted by atomic mass is 32.2. The Kier molecular flexibility index (Phi) is 1.92. The third-order valence-corrected chi connectivity index (χ3v) is 4.57. The molecule has 0 saturated carbocycles. The van der Waals surface area contributed by atoms with Gasteiger partial charge in [-0.2, -0.15) is 0 Å². The van der Waals surface area contributed by atoms with Gasteiger partial charge >= 0.3 is 0 Å². The van der Waals surface area contributed by atoms with Gasteiger partial charge in [0.2, 0.25) is 0 Å². The Morgan fingerprint density at radius 1 is 1.50 bits per heavy atom. The molecule has 4 nitrogen and oxygen atoms in total. The molecule has 0 radical (unpaired) electrons. The lowest BCUT2D eigenvalue weighted by molar-refractivity contribution is 0.475. The number of benzene rings is 1. The normalized spacial score (nSPS) is 23.6. The summed E-state index contributed by atoms with van der Waals surface area (Å²) < 4.78 is 23.6. The van der Waals surface area contributed by atoms with Crippen molar-refractivity contribution in [1.82, 2.24) is 0 Å². The van der Waals surface area contributed by atoms with Crippen LogP contribution in [-0.4, -0.2) is 25.3 Å². The van der Waals surface area contributed by atoms with Crippen LogP contribution in [0, 0.1) is 0 Å². The van der Waals surface area contributed by atoms with Crippen LogP contribution in [0.3, 0.4) is 0 Å². The van der Waals surface area contributed by atoms with Crippen molar-refractivity contribution < 1.29 is 13.5 Å². The van der Waals surface area contributed by atoms with Gasteiger partial charge in [-0.05, 0) is 19.1 Å². The Balaban J connectivity index is 2.65. The maximum absolute atomic E-state index is 11.8. The van der Waals surface area contributed by atoms with Crippen LogP contribution in [0.1, 0.15) is 6.92 Å². The molecule has 0 bridgehead atoms. The predicted octanol–water partition coefficient (Wildman–Crippen LogP) is 0.980. The number of hydrogen-bond donors (Lipinski definition) is 2. The highest BCUT2D eigenvalue weighted by Gasteiger charge is 2.30. The van der Waals surface area contributed by atoms with Gasteiger partial charge in [0.1, 0.15) is 5.75 Å². The Hall–Kier alpha value is -1.23. The first-order valence-electron chi connectivity index (χ1n) is 4.32. The molecule has 76 valence electrons. The van der Waals surface area contributed by atoms with Crippen molar-refractivity contribution >= 4 is 15.5 Å². The molecule has 5 heteroatoms. The Labute approximate surface area is 82.5 Å². The van der Waals surface area contributed by atoms with Gasteiger partial charge in [0.15, 0.2) is 9.84 Å². The maximum atomic E-state index is 11.8. The number of hydrogen-bond acceptors (Lipinski definition) is 4. The van der Waals surface area contributed by atoms with Gasteiger partial charge in [-0.3, -0.25) is 0 Å². The van der Waals surface area contributed by atoms with Crippen molar-refractivity contribution in [2.75, 3.05) is 11.9 Å². The van der Waals surface area contributed by atoms with E-state index in [1.165, 1.54) is 18.2 Å². The predicted molar refractivity (Wildman–Crippen MR) is 53.2 cm³/mol. The first-order valence-corrected chi connectivity index (χ1v) is 5.87. The molecule has 0 amide bonds. The molecule has 2 rings (SSSR count). The molecular formula is C9H11NO3S. The van der Waals surface area contributed by atoms with Crippen LogP contribution in [-0.2, 0) is 9.84 Å². The summed E-state index contributed by atoms with van der Waals surface area (Å²) in [6.45, 7) is 2.05. The van der Waals surface area contributed by atoms with Gasteiger partial charge in [0.05, 0.1) is 15.8 Å². The zero-order valence-electron chi connectivity index (χ0n) is 7.69. The van der Waals surface area contributed by atoms with E-state index in [0.29, 0.717) is 12.2 Å². The van der Waals surface area contributed by atoms with E-state index in [9.17, 15) is 13.5 Å². The molecule has 0 aliphatic carbocycles. The van der Waals surface area contributed by atoms with Gasteiger partial charge in [0, 0.05) is 12.6 Å². The zero-order valence-corrected chi connectivity index (χ0v) is 8.50. The van der Waals surface area contributed by atoms with Crippen LogP contribution < -0.4 is 5.32 Å². The van der Waals surface area contributed by atoms with Crippen molar-refractivity contribution in [3.63, 3.8) is 0 Å². The van der Waals surface area contributed by atoms with E-state index >= 15 is 0 Å². The van der Waals surface area contributed by atoms with E-state index in [2.05, 4.69) is 5.32 Å². The zero-order chi connectivity index (χ0) is 10.3. The van der Waals surface area contributed by atoms with Crippen molar-refractivity contribution in [3.05, 3.63) is 18.2 Å². The SMILES string of the molecule is CC1CNc2cc(O)ccc2S1(=O)=O. The van der Waals surface area contributed by atoms with Crippen molar-refractivity contribution in [1.29, 1.82) is 0 Å². The topological polar surface area (TPSA) is 66.4 Å². The van der Waals surface area contributed by atoms with Crippen LogP contribution in [0.4, 0.5) is 5.69 Å². The van der Waals surface area contributed by atoms with E-state index in [1.54, 1.807) is 6.92 Å². The molecular weight excluding hydrogens is 202 g/mol. The summed E-state index contributed by atoms with van der Waals surface area (Å²) >= 11 is 0. The van der Waals surface area contributed by atoms with Crippen LogP contribution in [0.2, 0.25) is 0 Å². The molecule has 14 heavy (non-hydrogen) atoms. The first-order chi connectivity index (χ1) is 6.51. The van der Waals surface area contributed by atoms with E-state index in [1.807, 2.05) is 0 Å². The number of phenolic OH excluding ortho intramolecular Hbond substituents is 1. The molecule has 0 fully saturated rings. The summed E-state index contributed by atoms with van der Waals surface area (Å²) in [5.74, 6) is 0.0704. The molecule has 1 aromatic carbocycles. The van der Waals surface area contributed by atoms with Gasteiger partial charge in [-0.15, -0.1) is 0 Å². The second kappa shape index (κ2) is 2.88. The fourth-order valence-electron chi connectivity index (χ4n) is 1.48. The summed E-state index contributed by atoms with van der Waals surface area (Å²) in [4.78, 5) is 0.272. The minimum Gasteiger partial charge on any atom is -0.508 e. The number of rotatable bonds is 0. The van der Waals surface area contributed by atoms with E-state index in [-0.39, 0.29) is 10.6 Å².